The summed E-state index contributed by atoms with van der Waals surface area (Å²) in [5, 5.41) is 14.8. The summed E-state index contributed by atoms with van der Waals surface area (Å²) in [6.45, 7) is 5.21. The van der Waals surface area contributed by atoms with E-state index in [4.69, 9.17) is 10.9 Å². The molecule has 0 radical (unpaired) electrons. The van der Waals surface area contributed by atoms with E-state index in [1.54, 1.807) is 0 Å². The Balaban J connectivity index is 2.11. The van der Waals surface area contributed by atoms with Gasteiger partial charge in [0, 0.05) is 0 Å². The number of hydrogen-bond donors (Lipinski definition) is 3. The van der Waals surface area contributed by atoms with Gasteiger partial charge in [0.1, 0.15) is 0 Å². The average Bonchev–Trinajstić information content (AvgIpc) is 2.30. The number of nitrogens with one attached hydrogen (secondary N) is 1. The normalized spacial score (nSPS) is 29.0. The molecule has 1 fully saturated rings. The van der Waals surface area contributed by atoms with Gasteiger partial charge in [-0.15, -0.1) is 0 Å². The largest absolute Gasteiger partial charge is 0.409 e. The standard InChI is InChI=1S/C12H25N3O/c1-9-3-5-11(6-4-9)7-8-14-10(2)12(13)15-16/h9-11,14,16H,3-8H2,1-2H3,(H2,13,15). The first kappa shape index (κ1) is 13.3. The maximum Gasteiger partial charge on any atom is 0.156 e. The van der Waals surface area contributed by atoms with Gasteiger partial charge in [-0.05, 0) is 31.7 Å². The van der Waals surface area contributed by atoms with Crippen molar-refractivity contribution in [3.8, 4) is 0 Å². The second-order valence-corrected chi connectivity index (χ2v) is 5.12. The fourth-order valence-corrected chi connectivity index (χ4v) is 2.31. The van der Waals surface area contributed by atoms with Crippen LogP contribution in [0.3, 0.4) is 0 Å². The van der Waals surface area contributed by atoms with Crippen molar-refractivity contribution in [2.24, 2.45) is 22.7 Å². The molecule has 1 rings (SSSR count). The van der Waals surface area contributed by atoms with Crippen LogP contribution in [0.5, 0.6) is 0 Å². The maximum atomic E-state index is 8.51. The van der Waals surface area contributed by atoms with Crippen LogP contribution >= 0.6 is 0 Å². The fourth-order valence-electron chi connectivity index (χ4n) is 2.31. The Morgan fingerprint density at radius 3 is 2.62 bits per heavy atom. The maximum absolute atomic E-state index is 8.51. The smallest absolute Gasteiger partial charge is 0.156 e. The second kappa shape index (κ2) is 6.74. The number of amidine groups is 1. The zero-order valence-electron chi connectivity index (χ0n) is 10.4. The lowest BCUT2D eigenvalue weighted by Crippen LogP contribution is -2.39. The van der Waals surface area contributed by atoms with Gasteiger partial charge >= 0.3 is 0 Å². The van der Waals surface area contributed by atoms with Crippen molar-refractivity contribution in [3.05, 3.63) is 0 Å². The average molecular weight is 227 g/mol. The topological polar surface area (TPSA) is 70.6 Å². The molecule has 1 unspecified atom stereocenters. The zero-order valence-corrected chi connectivity index (χ0v) is 10.4. The van der Waals surface area contributed by atoms with Crippen LogP contribution in [0.2, 0.25) is 0 Å². The third kappa shape index (κ3) is 4.39. The molecule has 0 aliphatic heterocycles. The molecule has 0 bridgehead atoms. The van der Waals surface area contributed by atoms with Crippen LogP contribution in [0.15, 0.2) is 5.16 Å². The summed E-state index contributed by atoms with van der Waals surface area (Å²) in [5.74, 6) is 2.04. The molecule has 4 N–H and O–H groups in total. The van der Waals surface area contributed by atoms with Gasteiger partial charge in [-0.1, -0.05) is 37.8 Å². The Bertz CT molecular complexity index is 222. The number of rotatable bonds is 5. The van der Waals surface area contributed by atoms with Gasteiger partial charge in [0.15, 0.2) is 5.84 Å². The molecule has 94 valence electrons. The number of nitrogens with zero attached hydrogens (tertiary/aromatic N) is 1. The van der Waals surface area contributed by atoms with Gasteiger partial charge in [-0.2, -0.15) is 0 Å². The highest BCUT2D eigenvalue weighted by atomic mass is 16.4. The van der Waals surface area contributed by atoms with Crippen LogP contribution < -0.4 is 11.1 Å². The summed E-state index contributed by atoms with van der Waals surface area (Å²) < 4.78 is 0. The highest BCUT2D eigenvalue weighted by Gasteiger charge is 2.18. The van der Waals surface area contributed by atoms with Gasteiger partial charge < -0.3 is 16.3 Å². The van der Waals surface area contributed by atoms with Crippen molar-refractivity contribution in [1.82, 2.24) is 5.32 Å². The van der Waals surface area contributed by atoms with Gasteiger partial charge in [0.25, 0.3) is 0 Å². The van der Waals surface area contributed by atoms with E-state index >= 15 is 0 Å². The lowest BCUT2D eigenvalue weighted by atomic mass is 9.81. The summed E-state index contributed by atoms with van der Waals surface area (Å²) in [6, 6.07) is -0.0347. The minimum atomic E-state index is -0.0347. The van der Waals surface area contributed by atoms with E-state index in [1.165, 1.54) is 32.1 Å². The molecule has 0 aromatic heterocycles. The monoisotopic (exact) mass is 227 g/mol. The molecular formula is C12H25N3O. The summed E-state index contributed by atoms with van der Waals surface area (Å²) in [4.78, 5) is 0. The highest BCUT2D eigenvalue weighted by molar-refractivity contribution is 5.84. The minimum absolute atomic E-state index is 0.0347. The lowest BCUT2D eigenvalue weighted by Gasteiger charge is -2.26. The first-order chi connectivity index (χ1) is 7.63. The van der Waals surface area contributed by atoms with Crippen molar-refractivity contribution >= 4 is 5.84 Å². The molecule has 1 aliphatic rings. The zero-order chi connectivity index (χ0) is 12.0. The first-order valence-electron chi connectivity index (χ1n) is 6.34. The minimum Gasteiger partial charge on any atom is -0.409 e. The quantitative estimate of drug-likeness (QED) is 0.291. The molecule has 4 heteroatoms. The van der Waals surface area contributed by atoms with Crippen molar-refractivity contribution in [1.29, 1.82) is 0 Å². The SMILES string of the molecule is CC1CCC(CCNC(C)C(N)=NO)CC1. The van der Waals surface area contributed by atoms with Crippen LogP contribution in [-0.2, 0) is 0 Å². The Kier molecular flexibility index (Phi) is 5.60. The van der Waals surface area contributed by atoms with Gasteiger partial charge in [0.05, 0.1) is 6.04 Å². The molecule has 16 heavy (non-hydrogen) atoms. The predicted molar refractivity (Wildman–Crippen MR) is 66.6 cm³/mol. The molecule has 0 saturated heterocycles. The molecule has 0 spiro atoms. The van der Waals surface area contributed by atoms with Crippen LogP contribution in [-0.4, -0.2) is 23.6 Å². The molecule has 4 nitrogen and oxygen atoms in total. The van der Waals surface area contributed by atoms with Crippen LogP contribution in [0, 0.1) is 11.8 Å². The van der Waals surface area contributed by atoms with Gasteiger partial charge in [-0.3, -0.25) is 0 Å². The molecule has 1 saturated carbocycles. The Morgan fingerprint density at radius 2 is 2.06 bits per heavy atom. The molecule has 0 amide bonds. The second-order valence-electron chi connectivity index (χ2n) is 5.12. The van der Waals surface area contributed by atoms with E-state index in [9.17, 15) is 0 Å². The van der Waals surface area contributed by atoms with Crippen molar-refractivity contribution in [2.75, 3.05) is 6.54 Å². The van der Waals surface area contributed by atoms with Crippen molar-refractivity contribution < 1.29 is 5.21 Å². The van der Waals surface area contributed by atoms with E-state index in [0.717, 1.165) is 18.4 Å². The predicted octanol–water partition coefficient (Wildman–Crippen LogP) is 1.93. The van der Waals surface area contributed by atoms with Crippen LogP contribution in [0.1, 0.15) is 46.0 Å². The Hall–Kier alpha value is -0.770. The van der Waals surface area contributed by atoms with Gasteiger partial charge in [-0.25, -0.2) is 0 Å². The molecule has 1 aliphatic carbocycles. The molecular weight excluding hydrogens is 202 g/mol. The Labute approximate surface area is 98.3 Å². The van der Waals surface area contributed by atoms with Crippen LogP contribution in [0.4, 0.5) is 0 Å². The third-order valence-electron chi connectivity index (χ3n) is 3.70. The van der Waals surface area contributed by atoms with E-state index in [-0.39, 0.29) is 11.9 Å². The third-order valence-corrected chi connectivity index (χ3v) is 3.70. The number of hydrogen-bond acceptors (Lipinski definition) is 3. The molecule has 0 aromatic carbocycles. The summed E-state index contributed by atoms with van der Waals surface area (Å²) in [5.41, 5.74) is 5.49. The van der Waals surface area contributed by atoms with E-state index in [1.807, 2.05) is 6.92 Å². The van der Waals surface area contributed by atoms with E-state index in [2.05, 4.69) is 17.4 Å². The molecule has 0 heterocycles. The molecule has 1 atom stereocenters. The number of nitrogens with two attached hydrogens (primary N) is 1. The fraction of sp³-hybridized carbons (Fsp3) is 0.917. The summed E-state index contributed by atoms with van der Waals surface area (Å²) in [7, 11) is 0. The highest BCUT2D eigenvalue weighted by Crippen LogP contribution is 2.29. The summed E-state index contributed by atoms with van der Waals surface area (Å²) in [6.07, 6.45) is 6.68. The molecule has 0 aromatic rings. The Morgan fingerprint density at radius 1 is 1.44 bits per heavy atom. The van der Waals surface area contributed by atoms with E-state index < -0.39 is 0 Å². The first-order valence-corrected chi connectivity index (χ1v) is 6.34. The number of oxime groups is 1. The van der Waals surface area contributed by atoms with E-state index in [0.29, 0.717) is 0 Å². The summed E-state index contributed by atoms with van der Waals surface area (Å²) >= 11 is 0. The van der Waals surface area contributed by atoms with Crippen molar-refractivity contribution in [3.63, 3.8) is 0 Å². The van der Waals surface area contributed by atoms with Crippen LogP contribution in [0.25, 0.3) is 0 Å². The van der Waals surface area contributed by atoms with Crippen molar-refractivity contribution in [2.45, 2.75) is 52.0 Å². The lowest BCUT2D eigenvalue weighted by molar-refractivity contribution is 0.274. The van der Waals surface area contributed by atoms with Gasteiger partial charge in [0.2, 0.25) is 0 Å².